The number of hydrogen-bond acceptors (Lipinski definition) is 4. The van der Waals surface area contributed by atoms with Crippen LogP contribution in [0, 0.1) is 18.8 Å². The van der Waals surface area contributed by atoms with Crippen LogP contribution < -0.4 is 5.32 Å². The molecule has 1 N–H and O–H groups in total. The fraction of sp³-hybridized carbons (Fsp3) is 0.600. The van der Waals surface area contributed by atoms with E-state index in [9.17, 15) is 4.79 Å². The van der Waals surface area contributed by atoms with Gasteiger partial charge in [0.1, 0.15) is 5.00 Å². The van der Waals surface area contributed by atoms with E-state index in [2.05, 4.69) is 24.1 Å². The summed E-state index contributed by atoms with van der Waals surface area (Å²) in [6.07, 6.45) is 1.24. The number of carbonyl (C=O) groups excluding carboxylic acids is 1. The summed E-state index contributed by atoms with van der Waals surface area (Å²) in [5, 5.41) is 4.70. The van der Waals surface area contributed by atoms with Crippen molar-refractivity contribution in [2.24, 2.45) is 11.8 Å². The molecule has 0 unspecified atom stereocenters. The Labute approximate surface area is 135 Å². The normalized spacial score (nSPS) is 22.0. The molecule has 116 valence electrons. The topological polar surface area (TPSA) is 41.6 Å². The predicted molar refractivity (Wildman–Crippen MR) is 91.1 cm³/mol. The maximum absolute atomic E-state index is 11.8. The highest BCUT2D eigenvalue weighted by atomic mass is 32.1. The van der Waals surface area contributed by atoms with Crippen LogP contribution in [0.1, 0.15) is 35.5 Å². The number of thiophene rings is 1. The number of anilines is 1. The van der Waals surface area contributed by atoms with Crippen LogP contribution in [0.15, 0.2) is 6.07 Å². The Morgan fingerprint density at radius 1 is 1.43 bits per heavy atom. The number of hydrogen-bond donors (Lipinski definition) is 1. The van der Waals surface area contributed by atoms with Crippen LogP contribution in [0.5, 0.6) is 0 Å². The number of carbonyl (C=O) groups is 1. The van der Waals surface area contributed by atoms with Gasteiger partial charge in [-0.25, -0.2) is 4.79 Å². The number of piperidine rings is 1. The first-order chi connectivity index (χ1) is 9.90. The molecule has 1 aromatic heterocycles. The van der Waals surface area contributed by atoms with E-state index < -0.39 is 0 Å². The van der Waals surface area contributed by atoms with Gasteiger partial charge >= 0.3 is 5.97 Å². The molecule has 1 aliphatic rings. The molecule has 21 heavy (non-hydrogen) atoms. The summed E-state index contributed by atoms with van der Waals surface area (Å²) >= 11 is 7.05. The van der Waals surface area contributed by atoms with E-state index in [0.29, 0.717) is 22.5 Å². The molecule has 0 spiro atoms. The van der Waals surface area contributed by atoms with Gasteiger partial charge in [-0.2, -0.15) is 0 Å². The molecular weight excluding hydrogens is 304 g/mol. The zero-order chi connectivity index (χ0) is 15.6. The number of nitrogens with zero attached hydrogens (tertiary/aromatic N) is 1. The molecule has 0 saturated carbocycles. The third-order valence-electron chi connectivity index (χ3n) is 3.64. The summed E-state index contributed by atoms with van der Waals surface area (Å²) in [5.41, 5.74) is 0.556. The number of methoxy groups -OCH3 is 1. The lowest BCUT2D eigenvalue weighted by molar-refractivity contribution is 0.0602. The van der Waals surface area contributed by atoms with Crippen LogP contribution in [0.3, 0.4) is 0 Å². The molecule has 2 rings (SSSR count). The molecule has 0 amide bonds. The van der Waals surface area contributed by atoms with Crippen molar-refractivity contribution in [2.45, 2.75) is 27.2 Å². The van der Waals surface area contributed by atoms with Gasteiger partial charge < -0.3 is 15.0 Å². The van der Waals surface area contributed by atoms with Gasteiger partial charge in [0.05, 0.1) is 12.7 Å². The lowest BCUT2D eigenvalue weighted by Gasteiger charge is -2.36. The molecule has 4 nitrogen and oxygen atoms in total. The maximum Gasteiger partial charge on any atom is 0.340 e. The van der Waals surface area contributed by atoms with Crippen molar-refractivity contribution >= 4 is 39.6 Å². The Kier molecular flexibility index (Phi) is 5.22. The highest BCUT2D eigenvalue weighted by Crippen LogP contribution is 2.29. The zero-order valence-corrected chi connectivity index (χ0v) is 14.6. The van der Waals surface area contributed by atoms with Crippen molar-refractivity contribution < 1.29 is 9.53 Å². The van der Waals surface area contributed by atoms with Crippen LogP contribution in [0.4, 0.5) is 5.00 Å². The van der Waals surface area contributed by atoms with E-state index in [1.165, 1.54) is 24.9 Å². The summed E-state index contributed by atoms with van der Waals surface area (Å²) in [6, 6.07) is 1.84. The second-order valence-corrected chi connectivity index (χ2v) is 7.52. The van der Waals surface area contributed by atoms with E-state index in [4.69, 9.17) is 17.0 Å². The van der Waals surface area contributed by atoms with Gasteiger partial charge in [-0.05, 0) is 43.5 Å². The second-order valence-electron chi connectivity index (χ2n) is 5.87. The summed E-state index contributed by atoms with van der Waals surface area (Å²) in [6.45, 7) is 8.40. The van der Waals surface area contributed by atoms with Crippen molar-refractivity contribution in [1.29, 1.82) is 0 Å². The number of esters is 1. The van der Waals surface area contributed by atoms with E-state index >= 15 is 0 Å². The van der Waals surface area contributed by atoms with Crippen molar-refractivity contribution in [3.63, 3.8) is 0 Å². The van der Waals surface area contributed by atoms with Gasteiger partial charge in [-0.1, -0.05) is 13.8 Å². The molecular formula is C15H22N2O2S2. The molecule has 2 atom stereocenters. The zero-order valence-electron chi connectivity index (χ0n) is 12.9. The number of ether oxygens (including phenoxy) is 1. The van der Waals surface area contributed by atoms with Crippen LogP contribution in [0.25, 0.3) is 0 Å². The van der Waals surface area contributed by atoms with Crippen LogP contribution >= 0.6 is 23.6 Å². The third kappa shape index (κ3) is 3.95. The van der Waals surface area contributed by atoms with E-state index in [-0.39, 0.29) is 5.97 Å². The average molecular weight is 326 g/mol. The lowest BCUT2D eigenvalue weighted by Crippen LogP contribution is -2.44. The monoisotopic (exact) mass is 326 g/mol. The van der Waals surface area contributed by atoms with Gasteiger partial charge in [0.2, 0.25) is 0 Å². The highest BCUT2D eigenvalue weighted by Gasteiger charge is 2.25. The summed E-state index contributed by atoms with van der Waals surface area (Å²) in [4.78, 5) is 15.1. The molecule has 1 saturated heterocycles. The largest absolute Gasteiger partial charge is 0.465 e. The molecule has 0 aliphatic carbocycles. The molecule has 0 aromatic carbocycles. The van der Waals surface area contributed by atoms with E-state index in [1.807, 2.05) is 13.0 Å². The molecule has 0 bridgehead atoms. The molecule has 0 radical (unpaired) electrons. The standard InChI is InChI=1S/C15H22N2O2S2/c1-9-5-10(2)8-17(7-9)15(20)16-13-12(14(18)19-4)6-11(3)21-13/h6,9-10H,5,7-8H2,1-4H3,(H,16,20)/t9-,10+. The quantitative estimate of drug-likeness (QED) is 0.665. The number of thiocarbonyl (C=S) groups is 1. The first-order valence-corrected chi connectivity index (χ1v) is 8.37. The molecule has 6 heteroatoms. The Bertz CT molecular complexity index is 532. The minimum atomic E-state index is -0.329. The highest BCUT2D eigenvalue weighted by molar-refractivity contribution is 7.80. The molecule has 2 heterocycles. The predicted octanol–water partition coefficient (Wildman–Crippen LogP) is 3.52. The van der Waals surface area contributed by atoms with Crippen LogP contribution in [-0.4, -0.2) is 36.2 Å². The van der Waals surface area contributed by atoms with Crippen molar-refractivity contribution in [2.75, 3.05) is 25.5 Å². The van der Waals surface area contributed by atoms with Gasteiger partial charge in [-0.3, -0.25) is 0 Å². The van der Waals surface area contributed by atoms with Crippen molar-refractivity contribution in [3.8, 4) is 0 Å². The average Bonchev–Trinajstić information content (AvgIpc) is 2.77. The Balaban J connectivity index is 2.11. The fourth-order valence-electron chi connectivity index (χ4n) is 2.87. The molecule has 1 fully saturated rings. The first-order valence-electron chi connectivity index (χ1n) is 7.15. The Morgan fingerprint density at radius 2 is 2.05 bits per heavy atom. The minimum absolute atomic E-state index is 0.329. The third-order valence-corrected chi connectivity index (χ3v) is 4.96. The second kappa shape index (κ2) is 6.75. The summed E-state index contributed by atoms with van der Waals surface area (Å²) in [5.74, 6) is 0.947. The molecule has 1 aliphatic heterocycles. The van der Waals surface area contributed by atoms with Gasteiger partial charge in [0, 0.05) is 18.0 Å². The smallest absolute Gasteiger partial charge is 0.340 e. The fourth-order valence-corrected chi connectivity index (χ4v) is 4.09. The Hall–Kier alpha value is -1.14. The molecule has 1 aromatic rings. The van der Waals surface area contributed by atoms with Gasteiger partial charge in [0.15, 0.2) is 5.11 Å². The first kappa shape index (κ1) is 16.2. The SMILES string of the molecule is COC(=O)c1cc(C)sc1NC(=S)N1C[C@H](C)C[C@H](C)C1. The number of aryl methyl sites for hydroxylation is 1. The van der Waals surface area contributed by atoms with Crippen molar-refractivity contribution in [3.05, 3.63) is 16.5 Å². The summed E-state index contributed by atoms with van der Waals surface area (Å²) < 4.78 is 4.82. The summed E-state index contributed by atoms with van der Waals surface area (Å²) in [7, 11) is 1.39. The van der Waals surface area contributed by atoms with Crippen LogP contribution in [-0.2, 0) is 4.74 Å². The minimum Gasteiger partial charge on any atom is -0.465 e. The van der Waals surface area contributed by atoms with Gasteiger partial charge in [0.25, 0.3) is 0 Å². The lowest BCUT2D eigenvalue weighted by atomic mass is 9.92. The number of likely N-dealkylation sites (tertiary alicyclic amines) is 1. The number of rotatable bonds is 2. The van der Waals surface area contributed by atoms with E-state index in [1.54, 1.807) is 0 Å². The Morgan fingerprint density at radius 3 is 2.62 bits per heavy atom. The van der Waals surface area contributed by atoms with Gasteiger partial charge in [-0.15, -0.1) is 11.3 Å². The van der Waals surface area contributed by atoms with Crippen LogP contribution in [0.2, 0.25) is 0 Å². The van der Waals surface area contributed by atoms with Crippen molar-refractivity contribution in [1.82, 2.24) is 4.90 Å². The number of nitrogens with one attached hydrogen (secondary N) is 1. The van der Waals surface area contributed by atoms with E-state index in [0.717, 1.165) is 23.0 Å². The maximum atomic E-state index is 11.8.